The average Bonchev–Trinajstić information content (AvgIpc) is 2.41. The summed E-state index contributed by atoms with van der Waals surface area (Å²) in [6.45, 7) is 4.34. The zero-order chi connectivity index (χ0) is 13.3. The molecule has 1 aromatic rings. The van der Waals surface area contributed by atoms with Crippen LogP contribution in [0.1, 0.15) is 31.9 Å². The molecule has 1 saturated heterocycles. The summed E-state index contributed by atoms with van der Waals surface area (Å²) < 4.78 is 25.7. The van der Waals surface area contributed by atoms with Gasteiger partial charge in [0.1, 0.15) is 0 Å². The lowest BCUT2D eigenvalue weighted by atomic mass is 10.0. The van der Waals surface area contributed by atoms with Gasteiger partial charge < -0.3 is 5.32 Å². The van der Waals surface area contributed by atoms with Crippen molar-refractivity contribution in [3.63, 3.8) is 0 Å². The Morgan fingerprint density at radius 1 is 1.33 bits per heavy atom. The predicted molar refractivity (Wildman–Crippen MR) is 77.3 cm³/mol. The first-order valence-electron chi connectivity index (χ1n) is 6.14. The molecule has 0 spiro atoms. The van der Waals surface area contributed by atoms with E-state index in [1.165, 1.54) is 0 Å². The minimum absolute atomic E-state index is 0.127. The van der Waals surface area contributed by atoms with Crippen molar-refractivity contribution < 1.29 is 8.42 Å². The van der Waals surface area contributed by atoms with E-state index >= 15 is 0 Å². The Morgan fingerprint density at radius 3 is 2.72 bits per heavy atom. The third kappa shape index (κ3) is 2.63. The second kappa shape index (κ2) is 5.31. The van der Waals surface area contributed by atoms with E-state index in [4.69, 9.17) is 0 Å². The third-order valence-electron chi connectivity index (χ3n) is 3.67. The number of hydrogen-bond donors (Lipinski definition) is 1. The quantitative estimate of drug-likeness (QED) is 0.860. The SMILES string of the molecule is CC1CCNC(c2cccc(Br)c2)C(C)S1(=O)=O. The van der Waals surface area contributed by atoms with Gasteiger partial charge in [-0.2, -0.15) is 0 Å². The molecule has 2 rings (SSSR count). The topological polar surface area (TPSA) is 46.2 Å². The van der Waals surface area contributed by atoms with Crippen LogP contribution in [0.5, 0.6) is 0 Å². The molecule has 1 aromatic carbocycles. The Balaban J connectivity index is 2.39. The largest absolute Gasteiger partial charge is 0.309 e. The van der Waals surface area contributed by atoms with Gasteiger partial charge in [-0.1, -0.05) is 28.1 Å². The molecule has 1 N–H and O–H groups in total. The molecule has 1 aliphatic heterocycles. The molecule has 1 fully saturated rings. The van der Waals surface area contributed by atoms with Crippen LogP contribution in [0.4, 0.5) is 0 Å². The molecule has 3 unspecified atom stereocenters. The van der Waals surface area contributed by atoms with Gasteiger partial charge in [0.25, 0.3) is 0 Å². The fourth-order valence-electron chi connectivity index (χ4n) is 2.42. The Bertz CT molecular complexity index is 530. The van der Waals surface area contributed by atoms with Crippen molar-refractivity contribution in [3.8, 4) is 0 Å². The number of benzene rings is 1. The van der Waals surface area contributed by atoms with Crippen molar-refractivity contribution in [2.24, 2.45) is 0 Å². The van der Waals surface area contributed by atoms with Gasteiger partial charge in [0, 0.05) is 10.5 Å². The van der Waals surface area contributed by atoms with Gasteiger partial charge in [0.15, 0.2) is 9.84 Å². The van der Waals surface area contributed by atoms with Gasteiger partial charge in [-0.3, -0.25) is 0 Å². The molecule has 3 nitrogen and oxygen atoms in total. The van der Waals surface area contributed by atoms with E-state index in [2.05, 4.69) is 21.2 Å². The molecule has 18 heavy (non-hydrogen) atoms. The standard InChI is InChI=1S/C13H18BrNO2S/c1-9-6-7-15-13(10(2)18(9,16)17)11-4-3-5-12(14)8-11/h3-5,8-10,13,15H,6-7H2,1-2H3. The lowest BCUT2D eigenvalue weighted by Crippen LogP contribution is -2.34. The van der Waals surface area contributed by atoms with Crippen LogP contribution in [-0.2, 0) is 9.84 Å². The Hall–Kier alpha value is -0.390. The molecular weight excluding hydrogens is 314 g/mol. The summed E-state index contributed by atoms with van der Waals surface area (Å²) in [6.07, 6.45) is 0.678. The van der Waals surface area contributed by atoms with Gasteiger partial charge in [-0.15, -0.1) is 0 Å². The van der Waals surface area contributed by atoms with Crippen molar-refractivity contribution in [3.05, 3.63) is 34.3 Å². The Labute approximate surface area is 117 Å². The first-order valence-corrected chi connectivity index (χ1v) is 8.54. The average molecular weight is 332 g/mol. The molecule has 0 amide bonds. The summed E-state index contributed by atoms with van der Waals surface area (Å²) >= 11 is 3.43. The van der Waals surface area contributed by atoms with E-state index in [1.807, 2.05) is 24.3 Å². The molecule has 0 aliphatic carbocycles. The number of sulfone groups is 1. The van der Waals surface area contributed by atoms with Crippen LogP contribution in [0.15, 0.2) is 28.7 Å². The second-order valence-electron chi connectivity index (χ2n) is 4.88. The van der Waals surface area contributed by atoms with Gasteiger partial charge in [0.2, 0.25) is 0 Å². The van der Waals surface area contributed by atoms with Gasteiger partial charge >= 0.3 is 0 Å². The van der Waals surface area contributed by atoms with Crippen LogP contribution in [0.3, 0.4) is 0 Å². The van der Waals surface area contributed by atoms with Crippen LogP contribution in [0, 0.1) is 0 Å². The predicted octanol–water partition coefficient (Wildman–Crippen LogP) is 2.68. The monoisotopic (exact) mass is 331 g/mol. The minimum Gasteiger partial charge on any atom is -0.309 e. The zero-order valence-electron chi connectivity index (χ0n) is 10.6. The van der Waals surface area contributed by atoms with Crippen LogP contribution in [-0.4, -0.2) is 25.5 Å². The second-order valence-corrected chi connectivity index (χ2v) is 8.52. The van der Waals surface area contributed by atoms with Crippen LogP contribution in [0.2, 0.25) is 0 Å². The molecule has 0 bridgehead atoms. The number of rotatable bonds is 1. The maximum absolute atomic E-state index is 12.3. The molecule has 1 aliphatic rings. The van der Waals surface area contributed by atoms with E-state index in [0.29, 0.717) is 6.42 Å². The van der Waals surface area contributed by atoms with Crippen LogP contribution < -0.4 is 5.32 Å². The lowest BCUT2D eigenvalue weighted by Gasteiger charge is -2.23. The van der Waals surface area contributed by atoms with Crippen molar-refractivity contribution in [2.45, 2.75) is 36.8 Å². The zero-order valence-corrected chi connectivity index (χ0v) is 13.0. The summed E-state index contributed by atoms with van der Waals surface area (Å²) in [6, 6.07) is 7.72. The molecule has 3 atom stereocenters. The highest BCUT2D eigenvalue weighted by Crippen LogP contribution is 2.29. The first-order chi connectivity index (χ1) is 8.43. The first kappa shape index (κ1) is 14.0. The molecule has 1 heterocycles. The van der Waals surface area contributed by atoms with Crippen molar-refractivity contribution >= 4 is 25.8 Å². The maximum atomic E-state index is 12.3. The van der Waals surface area contributed by atoms with Crippen LogP contribution in [0.25, 0.3) is 0 Å². The van der Waals surface area contributed by atoms with E-state index in [1.54, 1.807) is 13.8 Å². The molecule has 0 radical (unpaired) electrons. The van der Waals surface area contributed by atoms with Gasteiger partial charge in [0.05, 0.1) is 10.5 Å². The van der Waals surface area contributed by atoms with Crippen molar-refractivity contribution in [2.75, 3.05) is 6.54 Å². The molecular formula is C13H18BrNO2S. The van der Waals surface area contributed by atoms with E-state index < -0.39 is 15.1 Å². The summed E-state index contributed by atoms with van der Waals surface area (Å²) in [5.74, 6) is 0. The Morgan fingerprint density at radius 2 is 2.06 bits per heavy atom. The van der Waals surface area contributed by atoms with Crippen molar-refractivity contribution in [1.29, 1.82) is 0 Å². The summed E-state index contributed by atoms with van der Waals surface area (Å²) in [5, 5.41) is 2.70. The summed E-state index contributed by atoms with van der Waals surface area (Å²) in [5.41, 5.74) is 1.02. The number of hydrogen-bond acceptors (Lipinski definition) is 3. The molecule has 100 valence electrons. The summed E-state index contributed by atoms with van der Waals surface area (Å²) in [4.78, 5) is 0. The van der Waals surface area contributed by atoms with Crippen LogP contribution >= 0.6 is 15.9 Å². The highest BCUT2D eigenvalue weighted by molar-refractivity contribution is 9.10. The van der Waals surface area contributed by atoms with E-state index in [-0.39, 0.29) is 11.3 Å². The highest BCUT2D eigenvalue weighted by Gasteiger charge is 2.36. The Kier molecular flexibility index (Phi) is 4.14. The van der Waals surface area contributed by atoms with Gasteiger partial charge in [-0.25, -0.2) is 8.42 Å². The summed E-state index contributed by atoms with van der Waals surface area (Å²) in [7, 11) is -3.06. The van der Waals surface area contributed by atoms with Gasteiger partial charge in [-0.05, 0) is 44.5 Å². The lowest BCUT2D eigenvalue weighted by molar-refractivity contribution is 0.520. The fraction of sp³-hybridized carbons (Fsp3) is 0.538. The van der Waals surface area contributed by atoms with Crippen molar-refractivity contribution in [1.82, 2.24) is 5.32 Å². The fourth-order valence-corrected chi connectivity index (χ4v) is 4.65. The third-order valence-corrected chi connectivity index (χ3v) is 6.83. The normalized spacial score (nSPS) is 31.8. The molecule has 5 heteroatoms. The highest BCUT2D eigenvalue weighted by atomic mass is 79.9. The van der Waals surface area contributed by atoms with E-state index in [9.17, 15) is 8.42 Å². The smallest absolute Gasteiger partial charge is 0.157 e. The minimum atomic E-state index is -3.06. The molecule has 0 saturated carbocycles. The molecule has 0 aromatic heterocycles. The number of nitrogens with one attached hydrogen (secondary N) is 1. The van der Waals surface area contributed by atoms with E-state index in [0.717, 1.165) is 16.6 Å². The number of halogens is 1. The maximum Gasteiger partial charge on any atom is 0.157 e.